The molecular weight excluding hydrogens is 376 g/mol. The minimum absolute atomic E-state index is 0.311. The number of rotatable bonds is 7. The Morgan fingerprint density at radius 1 is 1.00 bits per heavy atom. The maximum Gasteiger partial charge on any atom is 0.261 e. The zero-order chi connectivity index (χ0) is 20.1. The molecule has 0 bridgehead atoms. The van der Waals surface area contributed by atoms with Crippen molar-refractivity contribution in [1.29, 1.82) is 0 Å². The van der Waals surface area contributed by atoms with E-state index in [4.69, 9.17) is 14.2 Å². The van der Waals surface area contributed by atoms with E-state index in [2.05, 4.69) is 29.4 Å². The highest BCUT2D eigenvalue weighted by Crippen LogP contribution is 2.40. The number of aromatic nitrogens is 1. The number of nitrogens with zero attached hydrogens (tertiary/aromatic N) is 1. The molecule has 0 aliphatic carbocycles. The summed E-state index contributed by atoms with van der Waals surface area (Å²) in [5, 5.41) is 5.26. The van der Waals surface area contributed by atoms with Crippen LogP contribution in [0.1, 0.15) is 22.8 Å². The van der Waals surface area contributed by atoms with Gasteiger partial charge < -0.3 is 14.2 Å². The zero-order valence-corrected chi connectivity index (χ0v) is 17.1. The van der Waals surface area contributed by atoms with Crippen LogP contribution in [0.2, 0.25) is 0 Å². The molecule has 28 heavy (non-hydrogen) atoms. The quantitative estimate of drug-likeness (QED) is 0.627. The maximum atomic E-state index is 12.8. The largest absolute Gasteiger partial charge is 0.493 e. The van der Waals surface area contributed by atoms with Crippen molar-refractivity contribution < 1.29 is 19.0 Å². The summed E-state index contributed by atoms with van der Waals surface area (Å²) < 4.78 is 16.0. The Kier molecular flexibility index (Phi) is 6.16. The number of benzene rings is 2. The number of thiazole rings is 1. The molecule has 1 heterocycles. The van der Waals surface area contributed by atoms with Gasteiger partial charge in [0.2, 0.25) is 5.75 Å². The molecule has 0 radical (unpaired) electrons. The smallest absolute Gasteiger partial charge is 0.261 e. The van der Waals surface area contributed by atoms with Crippen molar-refractivity contribution in [3.63, 3.8) is 0 Å². The first-order valence-electron chi connectivity index (χ1n) is 8.76. The lowest BCUT2D eigenvalue weighted by molar-refractivity contribution is 0.102. The lowest BCUT2D eigenvalue weighted by atomic mass is 10.1. The Bertz CT molecular complexity index is 967. The fourth-order valence-electron chi connectivity index (χ4n) is 2.82. The number of hydrogen-bond donors (Lipinski definition) is 1. The van der Waals surface area contributed by atoms with Crippen LogP contribution >= 0.6 is 11.3 Å². The lowest BCUT2D eigenvalue weighted by Gasteiger charge is -2.15. The van der Waals surface area contributed by atoms with Crippen LogP contribution in [0.25, 0.3) is 11.3 Å². The third-order valence-corrected chi connectivity index (χ3v) is 5.09. The summed E-state index contributed by atoms with van der Waals surface area (Å²) in [5.74, 6) is 0.836. The highest BCUT2D eigenvalue weighted by atomic mass is 32.1. The summed E-state index contributed by atoms with van der Waals surface area (Å²) >= 11 is 1.37. The van der Waals surface area contributed by atoms with Crippen LogP contribution in [-0.4, -0.2) is 32.2 Å². The van der Waals surface area contributed by atoms with E-state index < -0.39 is 0 Å². The number of hydrogen-bond acceptors (Lipinski definition) is 6. The van der Waals surface area contributed by atoms with Crippen molar-refractivity contribution in [1.82, 2.24) is 4.98 Å². The summed E-state index contributed by atoms with van der Waals surface area (Å²) in [4.78, 5) is 17.3. The predicted octanol–water partition coefficient (Wildman–Crippen LogP) is 4.65. The topological polar surface area (TPSA) is 69.7 Å². The van der Waals surface area contributed by atoms with Gasteiger partial charge in [0.15, 0.2) is 16.6 Å². The molecule has 3 aromatic rings. The molecule has 146 valence electrons. The van der Waals surface area contributed by atoms with Gasteiger partial charge in [0.05, 0.1) is 32.6 Å². The molecule has 6 nitrogen and oxygen atoms in total. The molecule has 1 N–H and O–H groups in total. The Morgan fingerprint density at radius 2 is 1.71 bits per heavy atom. The summed E-state index contributed by atoms with van der Waals surface area (Å²) in [6.45, 7) is 2.12. The second-order valence-electron chi connectivity index (χ2n) is 5.92. The highest BCUT2D eigenvalue weighted by molar-refractivity contribution is 7.14. The first-order chi connectivity index (χ1) is 13.6. The third kappa shape index (κ3) is 3.94. The second-order valence-corrected chi connectivity index (χ2v) is 6.78. The molecular formula is C21H22N2O4S. The van der Waals surface area contributed by atoms with E-state index in [0.29, 0.717) is 27.9 Å². The summed E-state index contributed by atoms with van der Waals surface area (Å²) in [6.07, 6.45) is 0.992. The molecule has 0 aliphatic heterocycles. The van der Waals surface area contributed by atoms with E-state index in [1.807, 2.05) is 17.5 Å². The van der Waals surface area contributed by atoms with Gasteiger partial charge in [-0.1, -0.05) is 31.2 Å². The predicted molar refractivity (Wildman–Crippen MR) is 111 cm³/mol. The van der Waals surface area contributed by atoms with Crippen LogP contribution in [0.15, 0.2) is 41.8 Å². The number of carbonyl (C=O) groups excluding carboxylic acids is 1. The van der Waals surface area contributed by atoms with Crippen LogP contribution in [0.5, 0.6) is 17.2 Å². The van der Waals surface area contributed by atoms with Gasteiger partial charge in [-0.15, -0.1) is 11.3 Å². The summed E-state index contributed by atoms with van der Waals surface area (Å²) in [6, 6.07) is 11.5. The Hall–Kier alpha value is -3.06. The van der Waals surface area contributed by atoms with Crippen LogP contribution in [0.4, 0.5) is 5.13 Å². The molecule has 2 aromatic carbocycles. The van der Waals surface area contributed by atoms with Crippen molar-refractivity contribution in [3.8, 4) is 28.5 Å². The first kappa shape index (κ1) is 19.7. The maximum absolute atomic E-state index is 12.8. The van der Waals surface area contributed by atoms with Gasteiger partial charge in [0.1, 0.15) is 0 Å². The molecule has 0 aliphatic rings. The van der Waals surface area contributed by atoms with E-state index in [9.17, 15) is 4.79 Å². The van der Waals surface area contributed by atoms with Crippen LogP contribution in [0, 0.1) is 0 Å². The average Bonchev–Trinajstić information content (AvgIpc) is 3.20. The van der Waals surface area contributed by atoms with Crippen molar-refractivity contribution in [3.05, 3.63) is 52.9 Å². The van der Waals surface area contributed by atoms with Gasteiger partial charge in [-0.3, -0.25) is 10.1 Å². The first-order valence-corrected chi connectivity index (χ1v) is 9.64. The Labute approximate surface area is 168 Å². The van der Waals surface area contributed by atoms with Crippen molar-refractivity contribution in [2.75, 3.05) is 26.6 Å². The number of nitrogens with one attached hydrogen (secondary N) is 1. The zero-order valence-electron chi connectivity index (χ0n) is 16.2. The number of ether oxygens (including phenoxy) is 3. The van der Waals surface area contributed by atoms with E-state index in [0.717, 1.165) is 17.7 Å². The fourth-order valence-corrected chi connectivity index (χ4v) is 3.53. The van der Waals surface area contributed by atoms with Crippen LogP contribution < -0.4 is 19.5 Å². The van der Waals surface area contributed by atoms with E-state index in [1.54, 1.807) is 12.1 Å². The average molecular weight is 398 g/mol. The molecule has 1 aromatic heterocycles. The normalized spacial score (nSPS) is 10.4. The standard InChI is InChI=1S/C21H22N2O4S/c1-5-13-6-8-14(9-7-13)16-12-28-21(22-16)23-20(24)15-10-11-17(25-2)19(27-4)18(15)26-3/h6-12H,5H2,1-4H3,(H,22,23,24). The SMILES string of the molecule is CCc1ccc(-c2csc(NC(=O)c3ccc(OC)c(OC)c3OC)n2)cc1. The summed E-state index contributed by atoms with van der Waals surface area (Å²) in [7, 11) is 4.51. The van der Waals surface area contributed by atoms with Gasteiger partial charge in [-0.05, 0) is 24.1 Å². The molecule has 7 heteroatoms. The monoisotopic (exact) mass is 398 g/mol. The van der Waals surface area contributed by atoms with Gasteiger partial charge in [-0.2, -0.15) is 0 Å². The Balaban J connectivity index is 1.83. The minimum atomic E-state index is -0.333. The van der Waals surface area contributed by atoms with E-state index >= 15 is 0 Å². The molecule has 3 rings (SSSR count). The number of anilines is 1. The van der Waals surface area contributed by atoms with Crippen molar-refractivity contribution >= 4 is 22.4 Å². The van der Waals surface area contributed by atoms with Gasteiger partial charge in [0.25, 0.3) is 5.91 Å². The number of amides is 1. The van der Waals surface area contributed by atoms with Crippen molar-refractivity contribution in [2.45, 2.75) is 13.3 Å². The number of aryl methyl sites for hydroxylation is 1. The third-order valence-electron chi connectivity index (χ3n) is 4.33. The van der Waals surface area contributed by atoms with E-state index in [1.165, 1.54) is 38.2 Å². The fraction of sp³-hybridized carbons (Fsp3) is 0.238. The lowest BCUT2D eigenvalue weighted by Crippen LogP contribution is -2.13. The van der Waals surface area contributed by atoms with Gasteiger partial charge in [-0.25, -0.2) is 4.98 Å². The Morgan fingerprint density at radius 3 is 2.32 bits per heavy atom. The molecule has 0 spiro atoms. The minimum Gasteiger partial charge on any atom is -0.493 e. The molecule has 0 atom stereocenters. The summed E-state index contributed by atoms with van der Waals surface area (Å²) in [5.41, 5.74) is 3.44. The molecule has 0 saturated carbocycles. The van der Waals surface area contributed by atoms with E-state index in [-0.39, 0.29) is 5.91 Å². The van der Waals surface area contributed by atoms with Gasteiger partial charge >= 0.3 is 0 Å². The number of carbonyl (C=O) groups is 1. The molecule has 0 fully saturated rings. The van der Waals surface area contributed by atoms with Crippen LogP contribution in [-0.2, 0) is 6.42 Å². The van der Waals surface area contributed by atoms with Crippen LogP contribution in [0.3, 0.4) is 0 Å². The number of methoxy groups -OCH3 is 3. The molecule has 0 saturated heterocycles. The van der Waals surface area contributed by atoms with Crippen molar-refractivity contribution in [2.24, 2.45) is 0 Å². The molecule has 1 amide bonds. The molecule has 0 unspecified atom stereocenters. The van der Waals surface area contributed by atoms with Gasteiger partial charge in [0, 0.05) is 10.9 Å². The highest BCUT2D eigenvalue weighted by Gasteiger charge is 2.21. The second kappa shape index (κ2) is 8.75.